The van der Waals surface area contributed by atoms with E-state index in [1.54, 1.807) is 0 Å². The summed E-state index contributed by atoms with van der Waals surface area (Å²) in [5.74, 6) is -1.03. The van der Waals surface area contributed by atoms with Crippen LogP contribution in [0.25, 0.3) is 0 Å². The second-order valence-corrected chi connectivity index (χ2v) is 6.82. The molecule has 3 aromatic rings. The highest BCUT2D eigenvalue weighted by Crippen LogP contribution is 2.24. The maximum atomic E-state index is 12.2. The fourth-order valence-corrected chi connectivity index (χ4v) is 2.68. The minimum Gasteiger partial charge on any atom is -0.484 e. The SMILES string of the molecule is Cc1ccccc1CNC(=O)c1coc(CNC(=O)COc2ccc(OC(F)(F)F)cc2)n1. The summed E-state index contributed by atoms with van der Waals surface area (Å²) in [5, 5.41) is 5.25. The van der Waals surface area contributed by atoms with Gasteiger partial charge in [0.25, 0.3) is 11.8 Å². The average molecular weight is 463 g/mol. The summed E-state index contributed by atoms with van der Waals surface area (Å²) >= 11 is 0. The molecule has 8 nitrogen and oxygen atoms in total. The van der Waals surface area contributed by atoms with Crippen molar-refractivity contribution in [3.63, 3.8) is 0 Å². The predicted molar refractivity (Wildman–Crippen MR) is 109 cm³/mol. The number of aromatic nitrogens is 1. The van der Waals surface area contributed by atoms with Crippen LogP contribution in [-0.4, -0.2) is 29.8 Å². The summed E-state index contributed by atoms with van der Waals surface area (Å²) in [7, 11) is 0. The Morgan fingerprint density at radius 3 is 2.39 bits per heavy atom. The number of nitrogens with zero attached hydrogens (tertiary/aromatic N) is 1. The Balaban J connectivity index is 1.41. The van der Waals surface area contributed by atoms with E-state index in [0.717, 1.165) is 23.3 Å². The van der Waals surface area contributed by atoms with Gasteiger partial charge in [-0.1, -0.05) is 24.3 Å². The Bertz CT molecular complexity index is 1100. The zero-order valence-electron chi connectivity index (χ0n) is 17.4. The molecule has 0 saturated heterocycles. The summed E-state index contributed by atoms with van der Waals surface area (Å²) in [5.41, 5.74) is 2.10. The van der Waals surface area contributed by atoms with Crippen LogP contribution in [0, 0.1) is 6.92 Å². The van der Waals surface area contributed by atoms with Crippen molar-refractivity contribution >= 4 is 11.8 Å². The van der Waals surface area contributed by atoms with Crippen LogP contribution in [0.1, 0.15) is 27.5 Å². The largest absolute Gasteiger partial charge is 0.573 e. The number of halogens is 3. The number of amides is 2. The van der Waals surface area contributed by atoms with E-state index in [9.17, 15) is 22.8 Å². The van der Waals surface area contributed by atoms with Crippen molar-refractivity contribution in [1.29, 1.82) is 0 Å². The van der Waals surface area contributed by atoms with E-state index in [2.05, 4.69) is 20.4 Å². The lowest BCUT2D eigenvalue weighted by molar-refractivity contribution is -0.274. The number of carbonyl (C=O) groups excluding carboxylic acids is 2. The van der Waals surface area contributed by atoms with Crippen LogP contribution in [0.5, 0.6) is 11.5 Å². The average Bonchev–Trinajstić information content (AvgIpc) is 3.25. The van der Waals surface area contributed by atoms with Crippen molar-refractivity contribution in [3.05, 3.63) is 77.5 Å². The molecule has 0 saturated carbocycles. The molecule has 174 valence electrons. The van der Waals surface area contributed by atoms with E-state index < -0.39 is 23.9 Å². The number of nitrogens with one attached hydrogen (secondary N) is 2. The molecule has 0 radical (unpaired) electrons. The molecular formula is C22H20F3N3O5. The van der Waals surface area contributed by atoms with Crippen LogP contribution >= 0.6 is 0 Å². The lowest BCUT2D eigenvalue weighted by atomic mass is 10.1. The molecule has 2 amide bonds. The summed E-state index contributed by atoms with van der Waals surface area (Å²) in [6.07, 6.45) is -3.60. The number of aryl methyl sites for hydroxylation is 1. The number of benzene rings is 2. The van der Waals surface area contributed by atoms with Gasteiger partial charge in [0.2, 0.25) is 5.89 Å². The number of rotatable bonds is 9. The molecule has 0 aliphatic rings. The molecule has 0 fully saturated rings. The van der Waals surface area contributed by atoms with E-state index in [1.165, 1.54) is 18.4 Å². The Labute approximate surface area is 186 Å². The molecule has 0 atom stereocenters. The zero-order valence-corrected chi connectivity index (χ0v) is 17.4. The normalized spacial score (nSPS) is 11.0. The topological polar surface area (TPSA) is 103 Å². The van der Waals surface area contributed by atoms with E-state index >= 15 is 0 Å². The third-order valence-corrected chi connectivity index (χ3v) is 4.35. The first-order valence-corrected chi connectivity index (χ1v) is 9.72. The minimum atomic E-state index is -4.79. The van der Waals surface area contributed by atoms with Crippen molar-refractivity contribution in [2.45, 2.75) is 26.4 Å². The Morgan fingerprint density at radius 2 is 1.70 bits per heavy atom. The molecule has 0 bridgehead atoms. The van der Waals surface area contributed by atoms with E-state index in [4.69, 9.17) is 9.15 Å². The van der Waals surface area contributed by atoms with Crippen molar-refractivity contribution < 1.29 is 36.7 Å². The van der Waals surface area contributed by atoms with Gasteiger partial charge in [0.05, 0.1) is 6.54 Å². The van der Waals surface area contributed by atoms with Crippen LogP contribution in [0.4, 0.5) is 13.2 Å². The third-order valence-electron chi connectivity index (χ3n) is 4.35. The molecule has 3 rings (SSSR count). The summed E-state index contributed by atoms with van der Waals surface area (Å²) < 4.78 is 50.6. The second-order valence-electron chi connectivity index (χ2n) is 6.82. The minimum absolute atomic E-state index is 0.0743. The molecule has 33 heavy (non-hydrogen) atoms. The van der Waals surface area contributed by atoms with Crippen LogP contribution in [0.3, 0.4) is 0 Å². The number of hydrogen-bond acceptors (Lipinski definition) is 6. The maximum Gasteiger partial charge on any atom is 0.573 e. The highest BCUT2D eigenvalue weighted by molar-refractivity contribution is 5.91. The standard InChI is InChI=1S/C22H20F3N3O5/c1-14-4-2-3-5-15(14)10-27-21(30)18-12-32-20(28-18)11-26-19(29)13-31-16-6-8-17(9-7-16)33-22(23,24)25/h2-9,12H,10-11,13H2,1H3,(H,26,29)(H,27,30). The molecule has 2 aromatic carbocycles. The Hall–Kier alpha value is -4.02. The zero-order chi connectivity index (χ0) is 23.8. The van der Waals surface area contributed by atoms with Crippen LogP contribution < -0.4 is 20.1 Å². The summed E-state index contributed by atoms with van der Waals surface area (Å²) in [6.45, 7) is 1.82. The molecule has 2 N–H and O–H groups in total. The molecule has 1 heterocycles. The quantitative estimate of drug-likeness (QED) is 0.504. The number of ether oxygens (including phenoxy) is 2. The molecule has 1 aromatic heterocycles. The maximum absolute atomic E-state index is 12.2. The molecule has 11 heteroatoms. The van der Waals surface area contributed by atoms with Crippen LogP contribution in [0.2, 0.25) is 0 Å². The fraction of sp³-hybridized carbons (Fsp3) is 0.227. The molecule has 0 aliphatic heterocycles. The lowest BCUT2D eigenvalue weighted by Gasteiger charge is -2.10. The van der Waals surface area contributed by atoms with Crippen molar-refractivity contribution in [3.8, 4) is 11.5 Å². The van der Waals surface area contributed by atoms with Gasteiger partial charge >= 0.3 is 6.36 Å². The Kier molecular flexibility index (Phi) is 7.54. The van der Waals surface area contributed by atoms with Gasteiger partial charge < -0.3 is 24.5 Å². The first kappa shape index (κ1) is 23.6. The molecule has 0 aliphatic carbocycles. The van der Waals surface area contributed by atoms with E-state index in [-0.39, 0.29) is 30.5 Å². The van der Waals surface area contributed by atoms with Gasteiger partial charge in [0.15, 0.2) is 12.3 Å². The lowest BCUT2D eigenvalue weighted by Crippen LogP contribution is -2.28. The molecule has 0 unspecified atom stereocenters. The van der Waals surface area contributed by atoms with Gasteiger partial charge in [-0.2, -0.15) is 0 Å². The van der Waals surface area contributed by atoms with Crippen molar-refractivity contribution in [2.75, 3.05) is 6.61 Å². The van der Waals surface area contributed by atoms with Gasteiger partial charge in [0.1, 0.15) is 17.8 Å². The monoisotopic (exact) mass is 463 g/mol. The Morgan fingerprint density at radius 1 is 1.00 bits per heavy atom. The summed E-state index contributed by atoms with van der Waals surface area (Å²) in [6, 6.07) is 12.3. The number of hydrogen-bond donors (Lipinski definition) is 2. The van der Waals surface area contributed by atoms with E-state index in [0.29, 0.717) is 6.54 Å². The van der Waals surface area contributed by atoms with Gasteiger partial charge in [-0.15, -0.1) is 13.2 Å². The number of oxazole rings is 1. The smallest absolute Gasteiger partial charge is 0.484 e. The van der Waals surface area contributed by atoms with Gasteiger partial charge in [-0.05, 0) is 42.3 Å². The third kappa shape index (κ3) is 7.56. The highest BCUT2D eigenvalue weighted by atomic mass is 19.4. The van der Waals surface area contributed by atoms with Crippen molar-refractivity contribution in [1.82, 2.24) is 15.6 Å². The highest BCUT2D eigenvalue weighted by Gasteiger charge is 2.31. The first-order valence-electron chi connectivity index (χ1n) is 9.72. The van der Waals surface area contributed by atoms with Gasteiger partial charge in [0, 0.05) is 6.54 Å². The molecule has 0 spiro atoms. The van der Waals surface area contributed by atoms with Crippen molar-refractivity contribution in [2.24, 2.45) is 0 Å². The molecular weight excluding hydrogens is 443 g/mol. The van der Waals surface area contributed by atoms with Crippen LogP contribution in [-0.2, 0) is 17.9 Å². The van der Waals surface area contributed by atoms with Gasteiger partial charge in [-0.25, -0.2) is 4.98 Å². The predicted octanol–water partition coefficient (Wildman–Crippen LogP) is 3.51. The number of carbonyl (C=O) groups is 2. The van der Waals surface area contributed by atoms with Gasteiger partial charge in [-0.3, -0.25) is 9.59 Å². The second kappa shape index (κ2) is 10.5. The summed E-state index contributed by atoms with van der Waals surface area (Å²) in [4.78, 5) is 28.2. The van der Waals surface area contributed by atoms with E-state index in [1.807, 2.05) is 31.2 Å². The fourth-order valence-electron chi connectivity index (χ4n) is 2.68. The first-order chi connectivity index (χ1) is 15.7. The number of alkyl halides is 3. The van der Waals surface area contributed by atoms with Crippen LogP contribution in [0.15, 0.2) is 59.2 Å².